The number of allylic oxidation sites excluding steroid dienone is 2. The molecule has 0 amide bonds. The largest absolute Gasteiger partial charge is 0.506 e. The molecular weight excluding hydrogens is 222 g/mol. The molecule has 4 N–H and O–H groups in total. The Morgan fingerprint density at radius 3 is 2.82 bits per heavy atom. The summed E-state index contributed by atoms with van der Waals surface area (Å²) in [5.74, 6) is -3.15. The van der Waals surface area contributed by atoms with Crippen LogP contribution in [0.1, 0.15) is 19.8 Å². The predicted molar refractivity (Wildman–Crippen MR) is 62.9 cm³/mol. The summed E-state index contributed by atoms with van der Waals surface area (Å²) in [5.41, 5.74) is 6.37. The third-order valence-corrected chi connectivity index (χ3v) is 2.42. The normalized spacial score (nSPS) is 23.7. The van der Waals surface area contributed by atoms with Gasteiger partial charge < -0.3 is 20.7 Å². The topological polar surface area (TPSA) is 92.8 Å². The predicted octanol–water partition coefficient (Wildman–Crippen LogP) is 0.915. The van der Waals surface area contributed by atoms with Gasteiger partial charge in [0.15, 0.2) is 5.76 Å². The molecule has 1 atom stereocenters. The zero-order valence-corrected chi connectivity index (χ0v) is 9.77. The number of nitrogens with two attached hydrogens (primary N) is 1. The number of aliphatic hydroxyl groups is 2. The van der Waals surface area contributed by atoms with Crippen LogP contribution in [0.2, 0.25) is 0 Å². The molecule has 0 spiro atoms. The third kappa shape index (κ3) is 3.18. The second-order valence-electron chi connectivity index (χ2n) is 4.05. The van der Waals surface area contributed by atoms with E-state index in [0.717, 1.165) is 5.57 Å². The first kappa shape index (κ1) is 13.5. The van der Waals surface area contributed by atoms with Crippen molar-refractivity contribution in [3.8, 4) is 0 Å². The fourth-order valence-corrected chi connectivity index (χ4v) is 1.47. The first-order valence-electron chi connectivity index (χ1n) is 5.29. The Morgan fingerprint density at radius 1 is 1.65 bits per heavy atom. The average molecular weight is 239 g/mol. The van der Waals surface area contributed by atoms with Crippen LogP contribution >= 0.6 is 0 Å². The summed E-state index contributed by atoms with van der Waals surface area (Å²) in [6, 6.07) is 0. The van der Waals surface area contributed by atoms with E-state index in [4.69, 9.17) is 10.5 Å². The Balaban J connectivity index is 2.83. The Morgan fingerprint density at radius 2 is 2.29 bits per heavy atom. The molecule has 94 valence electrons. The molecular formula is C12H17NO4. The number of hydrogen-bond acceptors (Lipinski definition) is 5. The summed E-state index contributed by atoms with van der Waals surface area (Å²) < 4.78 is 4.85. The van der Waals surface area contributed by atoms with Gasteiger partial charge in [0.05, 0.1) is 0 Å². The molecule has 0 bridgehead atoms. The van der Waals surface area contributed by atoms with E-state index in [1.807, 2.05) is 0 Å². The Labute approximate surface area is 99.9 Å². The number of hydrogen-bond donors (Lipinski definition) is 3. The van der Waals surface area contributed by atoms with E-state index >= 15 is 0 Å². The molecule has 1 rings (SSSR count). The SMILES string of the molecule is C=C(C)C(=O)OC1(O)CC(CCN)=CC=C1O. The maximum atomic E-state index is 11.4. The minimum Gasteiger partial charge on any atom is -0.506 e. The van der Waals surface area contributed by atoms with Crippen LogP contribution in [-0.2, 0) is 9.53 Å². The van der Waals surface area contributed by atoms with Gasteiger partial charge in [-0.25, -0.2) is 4.79 Å². The summed E-state index contributed by atoms with van der Waals surface area (Å²) in [6.45, 7) is 5.30. The molecule has 0 aromatic carbocycles. The van der Waals surface area contributed by atoms with Gasteiger partial charge in [-0.05, 0) is 26.0 Å². The van der Waals surface area contributed by atoms with E-state index in [9.17, 15) is 15.0 Å². The molecule has 0 saturated carbocycles. The second-order valence-corrected chi connectivity index (χ2v) is 4.05. The summed E-state index contributed by atoms with van der Waals surface area (Å²) in [4.78, 5) is 11.4. The van der Waals surface area contributed by atoms with E-state index in [0.29, 0.717) is 13.0 Å². The quantitative estimate of drug-likeness (QED) is 0.385. The number of ether oxygens (including phenoxy) is 1. The van der Waals surface area contributed by atoms with Gasteiger partial charge in [-0.15, -0.1) is 0 Å². The van der Waals surface area contributed by atoms with Gasteiger partial charge >= 0.3 is 5.97 Å². The van der Waals surface area contributed by atoms with E-state index in [1.54, 1.807) is 6.08 Å². The van der Waals surface area contributed by atoms with Gasteiger partial charge in [0, 0.05) is 12.0 Å². The van der Waals surface area contributed by atoms with Crippen LogP contribution < -0.4 is 5.73 Å². The lowest BCUT2D eigenvalue weighted by Crippen LogP contribution is -2.39. The van der Waals surface area contributed by atoms with Crippen LogP contribution in [0.4, 0.5) is 0 Å². The highest BCUT2D eigenvalue weighted by atomic mass is 16.7. The lowest BCUT2D eigenvalue weighted by molar-refractivity contribution is -0.200. The molecule has 1 aliphatic carbocycles. The van der Waals surface area contributed by atoms with Crippen molar-refractivity contribution in [2.24, 2.45) is 5.73 Å². The van der Waals surface area contributed by atoms with Crippen molar-refractivity contribution in [1.82, 2.24) is 0 Å². The van der Waals surface area contributed by atoms with Crippen molar-refractivity contribution >= 4 is 5.97 Å². The summed E-state index contributed by atoms with van der Waals surface area (Å²) in [7, 11) is 0. The first-order chi connectivity index (χ1) is 7.89. The fourth-order valence-electron chi connectivity index (χ4n) is 1.47. The molecule has 0 heterocycles. The number of rotatable bonds is 4. The molecule has 0 saturated heterocycles. The number of carbonyl (C=O) groups excluding carboxylic acids is 1. The van der Waals surface area contributed by atoms with Crippen molar-refractivity contribution in [2.45, 2.75) is 25.6 Å². The van der Waals surface area contributed by atoms with Crippen molar-refractivity contribution in [2.75, 3.05) is 6.54 Å². The van der Waals surface area contributed by atoms with Gasteiger partial charge in [-0.3, -0.25) is 0 Å². The molecule has 1 unspecified atom stereocenters. The van der Waals surface area contributed by atoms with Gasteiger partial charge in [-0.2, -0.15) is 0 Å². The zero-order chi connectivity index (χ0) is 13.1. The molecule has 0 aromatic rings. The Hall–Kier alpha value is -1.59. The maximum Gasteiger partial charge on any atom is 0.336 e. The van der Waals surface area contributed by atoms with Gasteiger partial charge in [0.25, 0.3) is 5.79 Å². The van der Waals surface area contributed by atoms with Crippen LogP contribution in [0.3, 0.4) is 0 Å². The van der Waals surface area contributed by atoms with Crippen LogP contribution in [0.25, 0.3) is 0 Å². The Kier molecular flexibility index (Phi) is 4.09. The number of aliphatic hydroxyl groups excluding tert-OH is 1. The highest BCUT2D eigenvalue weighted by Gasteiger charge is 2.39. The van der Waals surface area contributed by atoms with Gasteiger partial charge in [0.2, 0.25) is 0 Å². The standard InChI is InChI=1S/C12H17NO4/c1-8(2)11(15)17-12(16)7-9(5-6-13)3-4-10(12)14/h3-4,14,16H,1,5-7,13H2,2H3. The minimum absolute atomic E-state index is 0.0194. The molecule has 0 aliphatic heterocycles. The van der Waals surface area contributed by atoms with E-state index in [-0.39, 0.29) is 12.0 Å². The lowest BCUT2D eigenvalue weighted by atomic mass is 9.95. The summed E-state index contributed by atoms with van der Waals surface area (Å²) in [5, 5.41) is 19.6. The second kappa shape index (κ2) is 5.16. The molecule has 0 aromatic heterocycles. The van der Waals surface area contributed by atoms with E-state index in [1.165, 1.54) is 13.0 Å². The van der Waals surface area contributed by atoms with Crippen LogP contribution in [0, 0.1) is 0 Å². The minimum atomic E-state index is -2.00. The molecule has 5 nitrogen and oxygen atoms in total. The molecule has 5 heteroatoms. The number of carbonyl (C=O) groups is 1. The maximum absolute atomic E-state index is 11.4. The Bertz CT molecular complexity index is 397. The zero-order valence-electron chi connectivity index (χ0n) is 9.77. The van der Waals surface area contributed by atoms with Gasteiger partial charge in [0.1, 0.15) is 0 Å². The molecule has 17 heavy (non-hydrogen) atoms. The van der Waals surface area contributed by atoms with Gasteiger partial charge in [-0.1, -0.05) is 18.2 Å². The van der Waals surface area contributed by atoms with E-state index in [2.05, 4.69) is 6.58 Å². The molecule has 1 aliphatic rings. The fraction of sp³-hybridized carbons (Fsp3) is 0.417. The number of esters is 1. The average Bonchev–Trinajstić information content (AvgIpc) is 2.24. The molecule has 0 radical (unpaired) electrons. The first-order valence-corrected chi connectivity index (χ1v) is 5.29. The van der Waals surface area contributed by atoms with Crippen LogP contribution in [0.5, 0.6) is 0 Å². The lowest BCUT2D eigenvalue weighted by Gasteiger charge is -2.30. The van der Waals surface area contributed by atoms with Crippen molar-refractivity contribution in [1.29, 1.82) is 0 Å². The summed E-state index contributed by atoms with van der Waals surface area (Å²) in [6.07, 6.45) is 3.55. The molecule has 0 fully saturated rings. The van der Waals surface area contributed by atoms with Crippen LogP contribution in [0.15, 0.2) is 35.6 Å². The third-order valence-electron chi connectivity index (χ3n) is 2.42. The van der Waals surface area contributed by atoms with Crippen molar-refractivity contribution in [3.63, 3.8) is 0 Å². The highest BCUT2D eigenvalue weighted by molar-refractivity contribution is 5.87. The van der Waals surface area contributed by atoms with Crippen molar-refractivity contribution < 1.29 is 19.7 Å². The highest BCUT2D eigenvalue weighted by Crippen LogP contribution is 2.31. The smallest absolute Gasteiger partial charge is 0.336 e. The summed E-state index contributed by atoms with van der Waals surface area (Å²) >= 11 is 0. The van der Waals surface area contributed by atoms with Crippen molar-refractivity contribution in [3.05, 3.63) is 35.6 Å². The van der Waals surface area contributed by atoms with E-state index < -0.39 is 17.5 Å². The van der Waals surface area contributed by atoms with Crippen LogP contribution in [-0.4, -0.2) is 28.5 Å². The monoisotopic (exact) mass is 239 g/mol.